The second-order valence-corrected chi connectivity index (χ2v) is 10.2. The maximum atomic E-state index is 13.8. The number of carboxylic acids is 1. The maximum absolute atomic E-state index is 13.8. The van der Waals surface area contributed by atoms with E-state index in [0.29, 0.717) is 24.0 Å². The van der Waals surface area contributed by atoms with Crippen molar-refractivity contribution in [3.05, 3.63) is 130 Å². The van der Waals surface area contributed by atoms with E-state index in [-0.39, 0.29) is 17.9 Å². The quantitative estimate of drug-likeness (QED) is 0.217. The van der Waals surface area contributed by atoms with Crippen LogP contribution in [-0.2, 0) is 16.0 Å². The van der Waals surface area contributed by atoms with Crippen molar-refractivity contribution in [1.82, 2.24) is 9.88 Å². The highest BCUT2D eigenvalue weighted by atomic mass is 16.4. The molecule has 3 aromatic carbocycles. The summed E-state index contributed by atoms with van der Waals surface area (Å²) in [5.74, 6) is -1.37. The highest BCUT2D eigenvalue weighted by molar-refractivity contribution is 5.82. The lowest BCUT2D eigenvalue weighted by atomic mass is 9.97. The molecule has 0 saturated heterocycles. The number of benzene rings is 3. The molecule has 4 aromatic rings. The number of aryl methyl sites for hydroxylation is 1. The molecule has 0 aliphatic carbocycles. The zero-order valence-corrected chi connectivity index (χ0v) is 23.0. The first-order valence-corrected chi connectivity index (χ1v) is 13.8. The van der Waals surface area contributed by atoms with E-state index in [9.17, 15) is 19.5 Å². The van der Waals surface area contributed by atoms with Gasteiger partial charge in [0.2, 0.25) is 5.91 Å². The Bertz CT molecular complexity index is 1500. The van der Waals surface area contributed by atoms with Gasteiger partial charge in [-0.1, -0.05) is 98.6 Å². The molecule has 0 spiro atoms. The van der Waals surface area contributed by atoms with Gasteiger partial charge in [0.15, 0.2) is 0 Å². The van der Waals surface area contributed by atoms with Gasteiger partial charge in [-0.05, 0) is 53.3 Å². The van der Waals surface area contributed by atoms with Gasteiger partial charge in [0.05, 0.1) is 12.5 Å². The summed E-state index contributed by atoms with van der Waals surface area (Å²) in [5.41, 5.74) is 4.97. The predicted molar refractivity (Wildman–Crippen MR) is 158 cm³/mol. The monoisotopic (exact) mass is 536 g/mol. The Balaban J connectivity index is 1.67. The Kier molecular flexibility index (Phi) is 9.68. The molecule has 1 amide bonds. The summed E-state index contributed by atoms with van der Waals surface area (Å²) in [5, 5.41) is 12.7. The summed E-state index contributed by atoms with van der Waals surface area (Å²) in [6, 6.07) is 27.5. The normalized spacial score (nSPS) is 12.4. The van der Waals surface area contributed by atoms with E-state index in [0.717, 1.165) is 35.1 Å². The fourth-order valence-corrected chi connectivity index (χ4v) is 5.05. The minimum atomic E-state index is -1.02. The molecular weight excluding hydrogens is 500 g/mol. The second kappa shape index (κ2) is 13.6. The van der Waals surface area contributed by atoms with Gasteiger partial charge in [-0.3, -0.25) is 14.4 Å². The molecule has 4 rings (SSSR count). The van der Waals surface area contributed by atoms with Gasteiger partial charge >= 0.3 is 5.97 Å². The number of carbonyl (C=O) groups excluding carboxylic acids is 1. The van der Waals surface area contributed by atoms with E-state index in [4.69, 9.17) is 0 Å². The SMILES string of the molecule is CCCC[C@@H](C(=O)NC(CC(=O)O)c1cccc(-c2ccccc2)c1)n1cc(C)cc(Cc2ccccc2)c1=O. The molecule has 0 radical (unpaired) electrons. The van der Waals surface area contributed by atoms with Crippen LogP contribution >= 0.6 is 0 Å². The van der Waals surface area contributed by atoms with E-state index in [1.165, 1.54) is 4.57 Å². The van der Waals surface area contributed by atoms with E-state index in [1.807, 2.05) is 105 Å². The number of amides is 1. The van der Waals surface area contributed by atoms with Crippen LogP contribution in [0.15, 0.2) is 102 Å². The number of pyridine rings is 1. The molecule has 1 aromatic heterocycles. The molecule has 1 unspecified atom stereocenters. The maximum Gasteiger partial charge on any atom is 0.305 e. The van der Waals surface area contributed by atoms with Crippen LogP contribution in [0.4, 0.5) is 0 Å². The van der Waals surface area contributed by atoms with E-state index >= 15 is 0 Å². The van der Waals surface area contributed by atoms with Crippen LogP contribution in [-0.4, -0.2) is 21.6 Å². The van der Waals surface area contributed by atoms with Crippen molar-refractivity contribution in [3.63, 3.8) is 0 Å². The lowest BCUT2D eigenvalue weighted by Crippen LogP contribution is -2.40. The fraction of sp³-hybridized carbons (Fsp3) is 0.265. The first kappa shape index (κ1) is 28.6. The van der Waals surface area contributed by atoms with E-state index in [2.05, 4.69) is 5.32 Å². The zero-order valence-electron chi connectivity index (χ0n) is 23.0. The van der Waals surface area contributed by atoms with Crippen molar-refractivity contribution >= 4 is 11.9 Å². The Morgan fingerprint density at radius 2 is 1.57 bits per heavy atom. The van der Waals surface area contributed by atoms with E-state index < -0.39 is 18.1 Å². The van der Waals surface area contributed by atoms with Gasteiger partial charge < -0.3 is 15.0 Å². The van der Waals surface area contributed by atoms with Gasteiger partial charge in [-0.25, -0.2) is 0 Å². The number of aliphatic carboxylic acids is 1. The molecule has 0 fully saturated rings. The molecule has 206 valence electrons. The molecule has 40 heavy (non-hydrogen) atoms. The number of carbonyl (C=O) groups is 2. The number of hydrogen-bond donors (Lipinski definition) is 2. The topological polar surface area (TPSA) is 88.4 Å². The molecule has 2 N–H and O–H groups in total. The first-order chi connectivity index (χ1) is 19.4. The lowest BCUT2D eigenvalue weighted by Gasteiger charge is -2.25. The van der Waals surface area contributed by atoms with Crippen LogP contribution in [0.1, 0.15) is 66.9 Å². The van der Waals surface area contributed by atoms with Crippen molar-refractivity contribution in [1.29, 1.82) is 0 Å². The number of unbranched alkanes of at least 4 members (excludes halogenated alkanes) is 1. The highest BCUT2D eigenvalue weighted by Gasteiger charge is 2.27. The predicted octanol–water partition coefficient (Wildman–Crippen LogP) is 6.48. The Labute approximate surface area is 235 Å². The Hall–Kier alpha value is -4.45. The van der Waals surface area contributed by atoms with Crippen molar-refractivity contribution in [2.45, 2.75) is 58.0 Å². The smallest absolute Gasteiger partial charge is 0.305 e. The molecule has 0 aliphatic heterocycles. The minimum Gasteiger partial charge on any atom is -0.481 e. The number of hydrogen-bond acceptors (Lipinski definition) is 3. The molecule has 0 aliphatic rings. The molecule has 0 bridgehead atoms. The number of aromatic nitrogens is 1. The summed E-state index contributed by atoms with van der Waals surface area (Å²) >= 11 is 0. The molecular formula is C34H36N2O4. The Morgan fingerprint density at radius 1 is 0.900 bits per heavy atom. The summed E-state index contributed by atoms with van der Waals surface area (Å²) in [4.78, 5) is 39.3. The van der Waals surface area contributed by atoms with Crippen molar-refractivity contribution < 1.29 is 14.7 Å². The largest absolute Gasteiger partial charge is 0.481 e. The van der Waals surface area contributed by atoms with Crippen molar-refractivity contribution in [2.75, 3.05) is 0 Å². The van der Waals surface area contributed by atoms with Crippen LogP contribution in [0.5, 0.6) is 0 Å². The van der Waals surface area contributed by atoms with Gasteiger partial charge in [0.1, 0.15) is 6.04 Å². The van der Waals surface area contributed by atoms with Crippen LogP contribution < -0.4 is 10.9 Å². The third-order valence-electron chi connectivity index (χ3n) is 7.05. The highest BCUT2D eigenvalue weighted by Crippen LogP contribution is 2.26. The van der Waals surface area contributed by atoms with Crippen molar-refractivity contribution in [3.8, 4) is 11.1 Å². The summed E-state index contributed by atoms with van der Waals surface area (Å²) < 4.78 is 1.54. The van der Waals surface area contributed by atoms with Crippen molar-refractivity contribution in [2.24, 2.45) is 0 Å². The van der Waals surface area contributed by atoms with Gasteiger partial charge in [0, 0.05) is 18.2 Å². The standard InChI is InChI=1S/C34H36N2O4/c1-3-4-18-31(36-23-24(2)19-29(34(36)40)20-25-12-7-5-8-13-25)33(39)35-30(22-32(37)38)28-17-11-16-27(21-28)26-14-9-6-10-15-26/h5-17,19,21,23,30-31H,3-4,18,20,22H2,1-2H3,(H,35,39)(H,37,38)/t30?,31-/m0/s1. The molecule has 6 heteroatoms. The zero-order chi connectivity index (χ0) is 28.5. The third-order valence-corrected chi connectivity index (χ3v) is 7.05. The van der Waals surface area contributed by atoms with Crippen LogP contribution in [0, 0.1) is 6.92 Å². The second-order valence-electron chi connectivity index (χ2n) is 10.2. The number of nitrogens with one attached hydrogen (secondary N) is 1. The first-order valence-electron chi connectivity index (χ1n) is 13.8. The van der Waals surface area contributed by atoms with Gasteiger partial charge in [0.25, 0.3) is 5.56 Å². The van der Waals surface area contributed by atoms with E-state index in [1.54, 1.807) is 6.20 Å². The molecule has 6 nitrogen and oxygen atoms in total. The minimum absolute atomic E-state index is 0.202. The summed E-state index contributed by atoms with van der Waals surface area (Å²) in [6.07, 6.45) is 4.02. The average molecular weight is 537 g/mol. The van der Waals surface area contributed by atoms with Crippen LogP contribution in [0.25, 0.3) is 11.1 Å². The number of rotatable bonds is 12. The van der Waals surface area contributed by atoms with Crippen LogP contribution in [0.2, 0.25) is 0 Å². The Morgan fingerprint density at radius 3 is 2.25 bits per heavy atom. The van der Waals surface area contributed by atoms with Gasteiger partial charge in [-0.15, -0.1) is 0 Å². The summed E-state index contributed by atoms with van der Waals surface area (Å²) in [7, 11) is 0. The van der Waals surface area contributed by atoms with Crippen LogP contribution in [0.3, 0.4) is 0 Å². The van der Waals surface area contributed by atoms with Gasteiger partial charge in [-0.2, -0.15) is 0 Å². The fourth-order valence-electron chi connectivity index (χ4n) is 5.05. The number of carboxylic acid groups (broad SMARTS) is 1. The lowest BCUT2D eigenvalue weighted by molar-refractivity contribution is -0.137. The molecule has 1 heterocycles. The average Bonchev–Trinajstić information content (AvgIpc) is 2.96. The summed E-state index contributed by atoms with van der Waals surface area (Å²) in [6.45, 7) is 3.96. The number of nitrogens with zero attached hydrogens (tertiary/aromatic N) is 1. The molecule has 2 atom stereocenters. The molecule has 0 saturated carbocycles. The third kappa shape index (κ3) is 7.35.